The molecule has 0 saturated heterocycles. The molecule has 0 spiro atoms. The number of rotatable bonds is 5. The molecule has 0 aromatic rings. The van der Waals surface area contributed by atoms with Gasteiger partial charge in [-0.3, -0.25) is 0 Å². The van der Waals surface area contributed by atoms with Crippen molar-refractivity contribution in [1.29, 1.82) is 0 Å². The standard InChI is InChI=1S/C11H23NS/c1-13-8-4-7-10-5-2-3-6-11(10)9-12/h10-11H,2-9,12H2,1H3. The zero-order valence-electron chi connectivity index (χ0n) is 8.80. The maximum absolute atomic E-state index is 5.79. The summed E-state index contributed by atoms with van der Waals surface area (Å²) in [5.41, 5.74) is 5.79. The van der Waals surface area contributed by atoms with E-state index < -0.39 is 0 Å². The Morgan fingerprint density at radius 3 is 2.54 bits per heavy atom. The fraction of sp³-hybridized carbons (Fsp3) is 1.00. The molecule has 78 valence electrons. The Morgan fingerprint density at radius 1 is 1.23 bits per heavy atom. The van der Waals surface area contributed by atoms with Crippen molar-refractivity contribution in [3.63, 3.8) is 0 Å². The predicted molar refractivity (Wildman–Crippen MR) is 62.1 cm³/mol. The highest BCUT2D eigenvalue weighted by Crippen LogP contribution is 2.32. The maximum atomic E-state index is 5.79. The Hall–Kier alpha value is 0.310. The molecule has 1 aliphatic rings. The molecule has 2 atom stereocenters. The Morgan fingerprint density at radius 2 is 1.92 bits per heavy atom. The van der Waals surface area contributed by atoms with Crippen LogP contribution in [0.15, 0.2) is 0 Å². The molecule has 2 unspecified atom stereocenters. The van der Waals surface area contributed by atoms with Gasteiger partial charge in [-0.1, -0.05) is 19.3 Å². The summed E-state index contributed by atoms with van der Waals surface area (Å²) in [4.78, 5) is 0. The first-order chi connectivity index (χ1) is 6.38. The van der Waals surface area contributed by atoms with Crippen LogP contribution >= 0.6 is 11.8 Å². The van der Waals surface area contributed by atoms with Crippen LogP contribution in [-0.2, 0) is 0 Å². The van der Waals surface area contributed by atoms with E-state index in [1.807, 2.05) is 11.8 Å². The highest BCUT2D eigenvalue weighted by Gasteiger charge is 2.22. The van der Waals surface area contributed by atoms with Crippen LogP contribution in [0.2, 0.25) is 0 Å². The van der Waals surface area contributed by atoms with Crippen LogP contribution in [0.1, 0.15) is 38.5 Å². The number of hydrogen-bond donors (Lipinski definition) is 1. The lowest BCUT2D eigenvalue weighted by molar-refractivity contribution is 0.229. The van der Waals surface area contributed by atoms with Crippen molar-refractivity contribution in [2.24, 2.45) is 17.6 Å². The highest BCUT2D eigenvalue weighted by atomic mass is 32.2. The van der Waals surface area contributed by atoms with Crippen molar-refractivity contribution >= 4 is 11.8 Å². The first-order valence-corrected chi connectivity index (χ1v) is 6.97. The van der Waals surface area contributed by atoms with Gasteiger partial charge in [0, 0.05) is 0 Å². The van der Waals surface area contributed by atoms with Gasteiger partial charge in [0.05, 0.1) is 0 Å². The summed E-state index contributed by atoms with van der Waals surface area (Å²) in [6.07, 6.45) is 10.7. The summed E-state index contributed by atoms with van der Waals surface area (Å²) >= 11 is 1.97. The normalized spacial score (nSPS) is 29.1. The highest BCUT2D eigenvalue weighted by molar-refractivity contribution is 7.98. The summed E-state index contributed by atoms with van der Waals surface area (Å²) in [5.74, 6) is 3.12. The quantitative estimate of drug-likeness (QED) is 0.692. The van der Waals surface area contributed by atoms with E-state index in [2.05, 4.69) is 6.26 Å². The fourth-order valence-electron chi connectivity index (χ4n) is 2.46. The Balaban J connectivity index is 2.19. The second-order valence-corrected chi connectivity index (χ2v) is 5.16. The molecular formula is C11H23NS. The molecule has 0 radical (unpaired) electrons. The maximum Gasteiger partial charge on any atom is -0.00462 e. The molecule has 13 heavy (non-hydrogen) atoms. The van der Waals surface area contributed by atoms with Gasteiger partial charge in [0.15, 0.2) is 0 Å². The lowest BCUT2D eigenvalue weighted by Crippen LogP contribution is -2.26. The average Bonchev–Trinajstić information content (AvgIpc) is 2.19. The molecule has 1 rings (SSSR count). The molecule has 1 aliphatic carbocycles. The van der Waals surface area contributed by atoms with Crippen molar-refractivity contribution in [3.05, 3.63) is 0 Å². The van der Waals surface area contributed by atoms with E-state index in [-0.39, 0.29) is 0 Å². The molecule has 1 nitrogen and oxygen atoms in total. The van der Waals surface area contributed by atoms with Crippen molar-refractivity contribution in [1.82, 2.24) is 0 Å². The molecule has 0 aliphatic heterocycles. The van der Waals surface area contributed by atoms with E-state index >= 15 is 0 Å². The van der Waals surface area contributed by atoms with Crippen LogP contribution in [0.5, 0.6) is 0 Å². The molecule has 0 bridgehead atoms. The summed E-state index contributed by atoms with van der Waals surface area (Å²) < 4.78 is 0. The number of thioether (sulfide) groups is 1. The first-order valence-electron chi connectivity index (χ1n) is 5.57. The van der Waals surface area contributed by atoms with Gasteiger partial charge in [0.1, 0.15) is 0 Å². The smallest absolute Gasteiger partial charge is 0.00462 e. The largest absolute Gasteiger partial charge is 0.330 e. The van der Waals surface area contributed by atoms with Gasteiger partial charge < -0.3 is 5.73 Å². The minimum atomic E-state index is 0.843. The van der Waals surface area contributed by atoms with Gasteiger partial charge in [-0.05, 0) is 49.7 Å². The van der Waals surface area contributed by atoms with Crippen LogP contribution in [0.4, 0.5) is 0 Å². The molecule has 1 fully saturated rings. The SMILES string of the molecule is CSCCCC1CCCCC1CN. The van der Waals surface area contributed by atoms with Gasteiger partial charge >= 0.3 is 0 Å². The van der Waals surface area contributed by atoms with Gasteiger partial charge in [-0.2, -0.15) is 11.8 Å². The second kappa shape index (κ2) is 6.72. The molecule has 0 amide bonds. The molecular weight excluding hydrogens is 178 g/mol. The molecule has 0 aromatic heterocycles. The minimum absolute atomic E-state index is 0.843. The van der Waals surface area contributed by atoms with Crippen LogP contribution < -0.4 is 5.73 Å². The molecule has 1 saturated carbocycles. The van der Waals surface area contributed by atoms with Gasteiger partial charge in [-0.25, -0.2) is 0 Å². The van der Waals surface area contributed by atoms with Gasteiger partial charge in [-0.15, -0.1) is 0 Å². The van der Waals surface area contributed by atoms with E-state index in [9.17, 15) is 0 Å². The van der Waals surface area contributed by atoms with E-state index in [0.29, 0.717) is 0 Å². The predicted octanol–water partition coefficient (Wildman–Crippen LogP) is 2.89. The zero-order chi connectivity index (χ0) is 9.52. The third-order valence-electron chi connectivity index (χ3n) is 3.29. The molecule has 2 heteroatoms. The van der Waals surface area contributed by atoms with Crippen LogP contribution in [-0.4, -0.2) is 18.6 Å². The van der Waals surface area contributed by atoms with Crippen molar-refractivity contribution < 1.29 is 0 Å². The lowest BCUT2D eigenvalue weighted by atomic mass is 9.77. The zero-order valence-corrected chi connectivity index (χ0v) is 9.61. The Kier molecular flexibility index (Phi) is 5.88. The van der Waals surface area contributed by atoms with E-state index in [4.69, 9.17) is 5.73 Å². The molecule has 2 N–H and O–H groups in total. The lowest BCUT2D eigenvalue weighted by Gasteiger charge is -2.30. The molecule has 0 heterocycles. The Bertz CT molecular complexity index is 127. The molecule has 0 aromatic carbocycles. The van der Waals surface area contributed by atoms with E-state index in [1.165, 1.54) is 44.3 Å². The third kappa shape index (κ3) is 3.90. The third-order valence-corrected chi connectivity index (χ3v) is 3.99. The summed E-state index contributed by atoms with van der Waals surface area (Å²) in [5, 5.41) is 0. The van der Waals surface area contributed by atoms with E-state index in [1.54, 1.807) is 0 Å². The van der Waals surface area contributed by atoms with Crippen molar-refractivity contribution in [2.45, 2.75) is 38.5 Å². The minimum Gasteiger partial charge on any atom is -0.330 e. The van der Waals surface area contributed by atoms with Crippen molar-refractivity contribution in [3.8, 4) is 0 Å². The summed E-state index contributed by atoms with van der Waals surface area (Å²) in [6.45, 7) is 0.921. The topological polar surface area (TPSA) is 26.0 Å². The Labute approximate surface area is 86.8 Å². The van der Waals surface area contributed by atoms with Crippen LogP contribution in [0, 0.1) is 11.8 Å². The van der Waals surface area contributed by atoms with E-state index in [0.717, 1.165) is 18.4 Å². The average molecular weight is 201 g/mol. The van der Waals surface area contributed by atoms with Crippen LogP contribution in [0.3, 0.4) is 0 Å². The van der Waals surface area contributed by atoms with Crippen LogP contribution in [0.25, 0.3) is 0 Å². The van der Waals surface area contributed by atoms with Gasteiger partial charge in [0.25, 0.3) is 0 Å². The van der Waals surface area contributed by atoms with Gasteiger partial charge in [0.2, 0.25) is 0 Å². The number of nitrogens with two attached hydrogens (primary N) is 1. The van der Waals surface area contributed by atoms with Crippen molar-refractivity contribution in [2.75, 3.05) is 18.6 Å². The second-order valence-electron chi connectivity index (χ2n) is 4.18. The number of hydrogen-bond acceptors (Lipinski definition) is 2. The monoisotopic (exact) mass is 201 g/mol. The fourth-order valence-corrected chi connectivity index (χ4v) is 2.92. The summed E-state index contributed by atoms with van der Waals surface area (Å²) in [7, 11) is 0. The first kappa shape index (κ1) is 11.4. The summed E-state index contributed by atoms with van der Waals surface area (Å²) in [6, 6.07) is 0.